The van der Waals surface area contributed by atoms with E-state index in [0.717, 1.165) is 18.4 Å². The number of hydrogen-bond acceptors (Lipinski definition) is 2. The van der Waals surface area contributed by atoms with Gasteiger partial charge in [0.05, 0.1) is 0 Å². The molecule has 0 aliphatic carbocycles. The van der Waals surface area contributed by atoms with Gasteiger partial charge >= 0.3 is 0 Å². The number of amides is 1. The van der Waals surface area contributed by atoms with Crippen molar-refractivity contribution in [1.29, 1.82) is 0 Å². The van der Waals surface area contributed by atoms with E-state index in [1.807, 2.05) is 6.92 Å². The number of carbonyl (C=O) groups is 1. The highest BCUT2D eigenvalue weighted by atomic mass is 35.5. The molecular formula is C14H21ClN2O. The highest BCUT2D eigenvalue weighted by Gasteiger charge is 2.19. The lowest BCUT2D eigenvalue weighted by molar-refractivity contribution is 0.0934. The van der Waals surface area contributed by atoms with Crippen molar-refractivity contribution in [3.8, 4) is 0 Å². The highest BCUT2D eigenvalue weighted by Crippen LogP contribution is 2.21. The van der Waals surface area contributed by atoms with Crippen LogP contribution >= 0.6 is 11.6 Å². The molecule has 0 spiro atoms. The molecule has 100 valence electrons. The van der Waals surface area contributed by atoms with E-state index < -0.39 is 0 Å². The second-order valence-corrected chi connectivity index (χ2v) is 5.71. The number of aryl methyl sites for hydroxylation is 1. The van der Waals surface area contributed by atoms with E-state index in [1.54, 1.807) is 18.5 Å². The van der Waals surface area contributed by atoms with E-state index in [0.29, 0.717) is 18.0 Å². The Morgan fingerprint density at radius 1 is 1.50 bits per heavy atom. The van der Waals surface area contributed by atoms with Crippen LogP contribution < -0.4 is 5.32 Å². The molecule has 1 aromatic rings. The molecule has 1 heterocycles. The van der Waals surface area contributed by atoms with Gasteiger partial charge in [-0.3, -0.25) is 9.78 Å². The summed E-state index contributed by atoms with van der Waals surface area (Å²) in [5.41, 5.74) is 1.66. The number of rotatable bonds is 6. The Morgan fingerprint density at radius 2 is 2.22 bits per heavy atom. The summed E-state index contributed by atoms with van der Waals surface area (Å²) in [5.74, 6) is 0.634. The monoisotopic (exact) mass is 268 g/mol. The van der Waals surface area contributed by atoms with Crippen LogP contribution in [0.1, 0.15) is 42.6 Å². The number of nitrogens with zero attached hydrogens (tertiary/aromatic N) is 1. The van der Waals surface area contributed by atoms with E-state index in [9.17, 15) is 4.79 Å². The molecular weight excluding hydrogens is 248 g/mol. The van der Waals surface area contributed by atoms with Crippen LogP contribution in [0.4, 0.5) is 0 Å². The molecule has 1 amide bonds. The Morgan fingerprint density at radius 3 is 2.83 bits per heavy atom. The van der Waals surface area contributed by atoms with E-state index in [-0.39, 0.29) is 11.3 Å². The van der Waals surface area contributed by atoms with Crippen LogP contribution in [0.5, 0.6) is 0 Å². The number of carbonyl (C=O) groups excluding carboxylic acids is 1. The SMILES string of the molecule is Cc1cnccc1C(=O)NCC(C)(C)CCCCl. The van der Waals surface area contributed by atoms with Crippen molar-refractivity contribution in [3.63, 3.8) is 0 Å². The molecule has 0 radical (unpaired) electrons. The van der Waals surface area contributed by atoms with Crippen LogP contribution in [-0.2, 0) is 0 Å². The summed E-state index contributed by atoms with van der Waals surface area (Å²) in [7, 11) is 0. The maximum absolute atomic E-state index is 12.0. The molecule has 0 bridgehead atoms. The Hall–Kier alpha value is -1.09. The molecule has 0 saturated carbocycles. The lowest BCUT2D eigenvalue weighted by Crippen LogP contribution is -2.34. The fourth-order valence-corrected chi connectivity index (χ4v) is 1.91. The average molecular weight is 269 g/mol. The molecule has 1 aromatic heterocycles. The number of nitrogens with one attached hydrogen (secondary N) is 1. The van der Waals surface area contributed by atoms with Gasteiger partial charge < -0.3 is 5.32 Å². The molecule has 0 aliphatic rings. The van der Waals surface area contributed by atoms with Crippen molar-refractivity contribution in [2.24, 2.45) is 5.41 Å². The standard InChI is InChI=1S/C14H21ClN2O/c1-11-9-16-8-5-12(11)13(18)17-10-14(2,3)6-4-7-15/h5,8-9H,4,6-7,10H2,1-3H3,(H,17,18). The van der Waals surface area contributed by atoms with Crippen molar-refractivity contribution in [2.75, 3.05) is 12.4 Å². The van der Waals surface area contributed by atoms with Crippen LogP contribution in [0.2, 0.25) is 0 Å². The first kappa shape index (κ1) is 15.0. The average Bonchev–Trinajstić information content (AvgIpc) is 2.34. The van der Waals surface area contributed by atoms with Gasteiger partial charge in [-0.2, -0.15) is 0 Å². The largest absolute Gasteiger partial charge is 0.351 e. The van der Waals surface area contributed by atoms with Crippen LogP contribution in [0.25, 0.3) is 0 Å². The van der Waals surface area contributed by atoms with E-state index in [1.165, 1.54) is 0 Å². The molecule has 0 fully saturated rings. The van der Waals surface area contributed by atoms with Crippen molar-refractivity contribution in [3.05, 3.63) is 29.6 Å². The zero-order chi connectivity index (χ0) is 13.6. The van der Waals surface area contributed by atoms with Gasteiger partial charge in [0.25, 0.3) is 5.91 Å². The van der Waals surface area contributed by atoms with Crippen LogP contribution in [0.3, 0.4) is 0 Å². The first-order valence-corrected chi connectivity index (χ1v) is 6.74. The molecule has 0 aromatic carbocycles. The predicted octanol–water partition coefficient (Wildman–Crippen LogP) is 3.17. The fraction of sp³-hybridized carbons (Fsp3) is 0.571. The predicted molar refractivity (Wildman–Crippen MR) is 75.0 cm³/mol. The summed E-state index contributed by atoms with van der Waals surface area (Å²) in [6, 6.07) is 1.75. The smallest absolute Gasteiger partial charge is 0.251 e. The molecule has 0 unspecified atom stereocenters. The highest BCUT2D eigenvalue weighted by molar-refractivity contribution is 6.17. The molecule has 1 N–H and O–H groups in total. The molecule has 3 nitrogen and oxygen atoms in total. The van der Waals surface area contributed by atoms with Gasteiger partial charge in [-0.25, -0.2) is 0 Å². The maximum atomic E-state index is 12.0. The maximum Gasteiger partial charge on any atom is 0.251 e. The molecule has 18 heavy (non-hydrogen) atoms. The molecule has 4 heteroatoms. The Kier molecular flexibility index (Phi) is 5.60. The number of pyridine rings is 1. The van der Waals surface area contributed by atoms with E-state index in [4.69, 9.17) is 11.6 Å². The van der Waals surface area contributed by atoms with Crippen molar-refractivity contribution in [2.45, 2.75) is 33.6 Å². The third-order valence-electron chi connectivity index (χ3n) is 2.98. The summed E-state index contributed by atoms with van der Waals surface area (Å²) >= 11 is 5.69. The van der Waals surface area contributed by atoms with Gasteiger partial charge in [0.15, 0.2) is 0 Å². The first-order chi connectivity index (χ1) is 8.46. The van der Waals surface area contributed by atoms with Gasteiger partial charge in [-0.15, -0.1) is 11.6 Å². The van der Waals surface area contributed by atoms with Crippen molar-refractivity contribution < 1.29 is 4.79 Å². The van der Waals surface area contributed by atoms with Gasteiger partial charge in [0.1, 0.15) is 0 Å². The van der Waals surface area contributed by atoms with Crippen molar-refractivity contribution >= 4 is 17.5 Å². The minimum Gasteiger partial charge on any atom is -0.351 e. The van der Waals surface area contributed by atoms with Gasteiger partial charge in [-0.1, -0.05) is 13.8 Å². The van der Waals surface area contributed by atoms with Gasteiger partial charge in [-0.05, 0) is 36.8 Å². The Bertz CT molecular complexity index is 405. The second-order valence-electron chi connectivity index (χ2n) is 5.33. The van der Waals surface area contributed by atoms with Gasteiger partial charge in [0.2, 0.25) is 0 Å². The number of halogens is 1. The molecule has 0 aliphatic heterocycles. The number of alkyl halides is 1. The quantitative estimate of drug-likeness (QED) is 0.806. The fourth-order valence-electron chi connectivity index (χ4n) is 1.78. The number of hydrogen-bond donors (Lipinski definition) is 1. The summed E-state index contributed by atoms with van der Waals surface area (Å²) in [4.78, 5) is 16.0. The van der Waals surface area contributed by atoms with Crippen molar-refractivity contribution in [1.82, 2.24) is 10.3 Å². The zero-order valence-electron chi connectivity index (χ0n) is 11.3. The lowest BCUT2D eigenvalue weighted by atomic mass is 9.88. The summed E-state index contributed by atoms with van der Waals surface area (Å²) in [5, 5.41) is 2.98. The third kappa shape index (κ3) is 4.65. The van der Waals surface area contributed by atoms with E-state index >= 15 is 0 Å². The van der Waals surface area contributed by atoms with Crippen LogP contribution in [-0.4, -0.2) is 23.3 Å². The van der Waals surface area contributed by atoms with E-state index in [2.05, 4.69) is 24.1 Å². The number of aromatic nitrogens is 1. The van der Waals surface area contributed by atoms with Crippen LogP contribution in [0, 0.1) is 12.3 Å². The normalized spacial score (nSPS) is 11.3. The lowest BCUT2D eigenvalue weighted by Gasteiger charge is -2.24. The minimum atomic E-state index is -0.0335. The minimum absolute atomic E-state index is 0.0335. The van der Waals surface area contributed by atoms with Crippen LogP contribution in [0.15, 0.2) is 18.5 Å². The summed E-state index contributed by atoms with van der Waals surface area (Å²) in [6.07, 6.45) is 5.32. The third-order valence-corrected chi connectivity index (χ3v) is 3.25. The first-order valence-electron chi connectivity index (χ1n) is 6.21. The molecule has 0 atom stereocenters. The topological polar surface area (TPSA) is 42.0 Å². The Balaban J connectivity index is 2.54. The Labute approximate surface area is 114 Å². The van der Waals surface area contributed by atoms with Gasteiger partial charge in [0, 0.05) is 30.4 Å². The summed E-state index contributed by atoms with van der Waals surface area (Å²) < 4.78 is 0. The molecule has 0 saturated heterocycles. The molecule has 1 rings (SSSR count). The zero-order valence-corrected chi connectivity index (χ0v) is 12.0. The summed E-state index contributed by atoms with van der Waals surface area (Å²) in [6.45, 7) is 6.82. The second kappa shape index (κ2) is 6.74.